The van der Waals surface area contributed by atoms with Crippen molar-refractivity contribution in [2.24, 2.45) is 5.92 Å². The zero-order chi connectivity index (χ0) is 16.2. The Morgan fingerprint density at radius 2 is 2.30 bits per heavy atom. The lowest BCUT2D eigenvalue weighted by Crippen LogP contribution is -2.41. The molecule has 0 spiro atoms. The molecule has 0 aliphatic carbocycles. The maximum Gasteiger partial charge on any atom is 0.311 e. The molecule has 1 unspecified atom stereocenters. The largest absolute Gasteiger partial charge is 0.350 e. The van der Waals surface area contributed by atoms with Crippen LogP contribution in [0.4, 0.5) is 16.6 Å². The number of nitro groups is 1. The molecule has 8 nitrogen and oxygen atoms in total. The fraction of sp³-hybridized carbons (Fsp3) is 0.357. The van der Waals surface area contributed by atoms with Crippen LogP contribution in [-0.2, 0) is 4.79 Å². The molecule has 0 radical (unpaired) electrons. The third kappa shape index (κ3) is 3.45. The number of anilines is 2. The van der Waals surface area contributed by atoms with Crippen LogP contribution >= 0.6 is 11.3 Å². The first-order valence-electron chi connectivity index (χ1n) is 7.20. The van der Waals surface area contributed by atoms with E-state index in [1.807, 2.05) is 4.90 Å². The summed E-state index contributed by atoms with van der Waals surface area (Å²) in [6.07, 6.45) is 4.68. The molecule has 1 aliphatic heterocycles. The maximum atomic E-state index is 12.3. The van der Waals surface area contributed by atoms with Gasteiger partial charge in [-0.3, -0.25) is 14.9 Å². The molecule has 2 aromatic heterocycles. The molecular weight excluding hydrogens is 318 g/mol. The maximum absolute atomic E-state index is 12.3. The fourth-order valence-corrected chi connectivity index (χ4v) is 3.18. The zero-order valence-electron chi connectivity index (χ0n) is 12.2. The number of carbonyl (C=O) groups excluding carboxylic acids is 1. The summed E-state index contributed by atoms with van der Waals surface area (Å²) in [7, 11) is 0. The number of aromatic nitrogens is 2. The van der Waals surface area contributed by atoms with Gasteiger partial charge in [0, 0.05) is 36.9 Å². The molecule has 1 aliphatic rings. The van der Waals surface area contributed by atoms with E-state index in [1.54, 1.807) is 11.6 Å². The predicted octanol–water partition coefficient (Wildman–Crippen LogP) is 2.30. The molecule has 1 atom stereocenters. The highest BCUT2D eigenvalue weighted by molar-refractivity contribution is 7.13. The van der Waals surface area contributed by atoms with Crippen molar-refractivity contribution >= 4 is 33.9 Å². The Balaban J connectivity index is 1.73. The highest BCUT2D eigenvalue weighted by Crippen LogP contribution is 2.29. The topological polar surface area (TPSA) is 101 Å². The Morgan fingerprint density at radius 1 is 1.43 bits per heavy atom. The van der Waals surface area contributed by atoms with Gasteiger partial charge in [-0.1, -0.05) is 0 Å². The number of amides is 1. The molecule has 1 amide bonds. The van der Waals surface area contributed by atoms with Gasteiger partial charge in [0.2, 0.25) is 11.7 Å². The van der Waals surface area contributed by atoms with E-state index in [-0.39, 0.29) is 17.5 Å². The molecule has 3 rings (SSSR count). The van der Waals surface area contributed by atoms with Crippen molar-refractivity contribution in [1.82, 2.24) is 9.97 Å². The van der Waals surface area contributed by atoms with E-state index in [2.05, 4.69) is 15.3 Å². The number of carbonyl (C=O) groups is 1. The standard InChI is InChI=1S/C14H15N5O3S/c20-13(17-14-16-6-8-23-14)10-3-2-7-18(9-10)12-11(19(21)22)4-1-5-15-12/h1,4-6,8,10H,2-3,7,9H2,(H,16,17,20). The molecule has 0 bridgehead atoms. The molecule has 120 valence electrons. The van der Waals surface area contributed by atoms with Crippen LogP contribution in [0.5, 0.6) is 0 Å². The van der Waals surface area contributed by atoms with E-state index < -0.39 is 4.92 Å². The molecular formula is C14H15N5O3S. The van der Waals surface area contributed by atoms with Gasteiger partial charge in [-0.2, -0.15) is 0 Å². The van der Waals surface area contributed by atoms with E-state index >= 15 is 0 Å². The van der Waals surface area contributed by atoms with E-state index in [0.717, 1.165) is 12.8 Å². The van der Waals surface area contributed by atoms with Gasteiger partial charge < -0.3 is 10.2 Å². The molecule has 1 N–H and O–H groups in total. The van der Waals surface area contributed by atoms with Crippen LogP contribution in [0.1, 0.15) is 12.8 Å². The Hall–Kier alpha value is -2.55. The number of hydrogen-bond donors (Lipinski definition) is 1. The number of pyridine rings is 1. The van der Waals surface area contributed by atoms with Crippen molar-refractivity contribution in [2.45, 2.75) is 12.8 Å². The number of hydrogen-bond acceptors (Lipinski definition) is 7. The SMILES string of the molecule is O=C(Nc1nccs1)C1CCCN(c2ncccc2[N+](=O)[O-])C1. The first-order valence-corrected chi connectivity index (χ1v) is 8.08. The van der Waals surface area contributed by atoms with Crippen molar-refractivity contribution in [1.29, 1.82) is 0 Å². The summed E-state index contributed by atoms with van der Waals surface area (Å²) >= 11 is 1.36. The first-order chi connectivity index (χ1) is 11.1. The highest BCUT2D eigenvalue weighted by Gasteiger charge is 2.30. The van der Waals surface area contributed by atoms with E-state index in [9.17, 15) is 14.9 Å². The van der Waals surface area contributed by atoms with Crippen LogP contribution in [0.25, 0.3) is 0 Å². The minimum atomic E-state index is -0.443. The molecule has 23 heavy (non-hydrogen) atoms. The van der Waals surface area contributed by atoms with Crippen molar-refractivity contribution in [3.63, 3.8) is 0 Å². The second-order valence-corrected chi connectivity index (χ2v) is 6.11. The van der Waals surface area contributed by atoms with Crippen LogP contribution in [0.3, 0.4) is 0 Å². The second-order valence-electron chi connectivity index (χ2n) is 5.21. The predicted molar refractivity (Wildman–Crippen MR) is 86.6 cm³/mol. The van der Waals surface area contributed by atoms with Gasteiger partial charge in [0.25, 0.3) is 0 Å². The summed E-state index contributed by atoms with van der Waals surface area (Å²) in [6.45, 7) is 1.06. The van der Waals surface area contributed by atoms with E-state index in [1.165, 1.54) is 29.7 Å². The molecule has 1 saturated heterocycles. The third-order valence-corrected chi connectivity index (χ3v) is 4.41. The van der Waals surface area contributed by atoms with Crippen molar-refractivity contribution in [3.8, 4) is 0 Å². The summed E-state index contributed by atoms with van der Waals surface area (Å²) in [5.41, 5.74) is -0.0338. The number of nitrogens with zero attached hydrogens (tertiary/aromatic N) is 4. The van der Waals surface area contributed by atoms with Gasteiger partial charge in [0.1, 0.15) is 0 Å². The Bertz CT molecular complexity index is 706. The molecule has 1 fully saturated rings. The van der Waals surface area contributed by atoms with Crippen molar-refractivity contribution in [3.05, 3.63) is 40.0 Å². The molecule has 0 aromatic carbocycles. The number of piperidine rings is 1. The highest BCUT2D eigenvalue weighted by atomic mass is 32.1. The quantitative estimate of drug-likeness (QED) is 0.680. The Kier molecular flexibility index (Phi) is 4.47. The van der Waals surface area contributed by atoms with Crippen molar-refractivity contribution < 1.29 is 9.72 Å². The summed E-state index contributed by atoms with van der Waals surface area (Å²) in [6, 6.07) is 2.97. The van der Waals surface area contributed by atoms with E-state index in [0.29, 0.717) is 24.0 Å². The third-order valence-electron chi connectivity index (χ3n) is 3.72. The van der Waals surface area contributed by atoms with Crippen LogP contribution < -0.4 is 10.2 Å². The molecule has 2 aromatic rings. The summed E-state index contributed by atoms with van der Waals surface area (Å²) in [4.78, 5) is 33.0. The zero-order valence-corrected chi connectivity index (χ0v) is 13.0. The number of rotatable bonds is 4. The van der Waals surface area contributed by atoms with Crippen molar-refractivity contribution in [2.75, 3.05) is 23.3 Å². The lowest BCUT2D eigenvalue weighted by molar-refractivity contribution is -0.384. The minimum absolute atomic E-state index is 0.0338. The average molecular weight is 333 g/mol. The summed E-state index contributed by atoms with van der Waals surface area (Å²) in [5.74, 6) is -0.0262. The first kappa shape index (κ1) is 15.3. The molecule has 0 saturated carbocycles. The van der Waals surface area contributed by atoms with E-state index in [4.69, 9.17) is 0 Å². The van der Waals surface area contributed by atoms with Crippen LogP contribution in [0.15, 0.2) is 29.9 Å². The lowest BCUT2D eigenvalue weighted by atomic mass is 9.97. The van der Waals surface area contributed by atoms with Crippen LogP contribution in [0.2, 0.25) is 0 Å². The Labute approximate surface area is 136 Å². The second kappa shape index (κ2) is 6.69. The lowest BCUT2D eigenvalue weighted by Gasteiger charge is -2.32. The van der Waals surface area contributed by atoms with Gasteiger partial charge in [0.15, 0.2) is 5.13 Å². The normalized spacial score (nSPS) is 17.7. The van der Waals surface area contributed by atoms with Gasteiger partial charge in [0.05, 0.1) is 10.8 Å². The average Bonchev–Trinajstić information content (AvgIpc) is 3.08. The van der Waals surface area contributed by atoms with Gasteiger partial charge in [-0.15, -0.1) is 11.3 Å². The summed E-state index contributed by atoms with van der Waals surface area (Å²) in [5, 5.41) is 16.3. The monoisotopic (exact) mass is 333 g/mol. The van der Waals surface area contributed by atoms with Gasteiger partial charge >= 0.3 is 5.69 Å². The van der Waals surface area contributed by atoms with Crippen LogP contribution in [0, 0.1) is 16.0 Å². The summed E-state index contributed by atoms with van der Waals surface area (Å²) < 4.78 is 0. The smallest absolute Gasteiger partial charge is 0.311 e. The molecule has 9 heteroatoms. The minimum Gasteiger partial charge on any atom is -0.350 e. The molecule has 3 heterocycles. The van der Waals surface area contributed by atoms with Crippen LogP contribution in [-0.4, -0.2) is 33.9 Å². The Morgan fingerprint density at radius 3 is 3.04 bits per heavy atom. The fourth-order valence-electron chi connectivity index (χ4n) is 2.65. The number of nitrogens with one attached hydrogen (secondary N) is 1. The van der Waals surface area contributed by atoms with Gasteiger partial charge in [-0.05, 0) is 18.9 Å². The number of thiazole rings is 1. The van der Waals surface area contributed by atoms with Gasteiger partial charge in [-0.25, -0.2) is 9.97 Å².